The van der Waals surface area contributed by atoms with E-state index < -0.39 is 0 Å². The molecule has 0 atom stereocenters. The van der Waals surface area contributed by atoms with Crippen LogP contribution in [0.2, 0.25) is 0 Å². The normalized spacial score (nSPS) is 17.3. The molecule has 3 heterocycles. The number of fused-ring (bicyclic) bond motifs is 1. The third-order valence-corrected chi connectivity index (χ3v) is 5.85. The molecule has 2 aliphatic rings. The summed E-state index contributed by atoms with van der Waals surface area (Å²) in [5.41, 5.74) is 4.47. The third kappa shape index (κ3) is 4.78. The molecule has 2 aliphatic heterocycles. The lowest BCUT2D eigenvalue weighted by Gasteiger charge is -2.21. The van der Waals surface area contributed by atoms with E-state index in [9.17, 15) is 4.79 Å². The van der Waals surface area contributed by atoms with Crippen molar-refractivity contribution in [2.24, 2.45) is 0 Å². The molecule has 1 aromatic carbocycles. The number of carbonyl (C=O) groups excluding carboxylic acids is 1. The zero-order valence-corrected chi connectivity index (χ0v) is 17.7. The van der Waals surface area contributed by atoms with Crippen molar-refractivity contribution in [2.45, 2.75) is 52.1 Å². The highest BCUT2D eigenvalue weighted by Crippen LogP contribution is 2.25. The first-order chi connectivity index (χ1) is 14.1. The average molecular weight is 393 g/mol. The first kappa shape index (κ1) is 19.9. The minimum absolute atomic E-state index is 0.131. The third-order valence-electron chi connectivity index (χ3n) is 5.85. The monoisotopic (exact) mass is 392 g/mol. The van der Waals surface area contributed by atoms with Crippen molar-refractivity contribution in [3.8, 4) is 0 Å². The maximum Gasteiger partial charge on any atom is 0.257 e. The number of rotatable bonds is 5. The summed E-state index contributed by atoms with van der Waals surface area (Å²) in [6, 6.07) is 13.0. The molecule has 1 amide bonds. The molecule has 0 spiro atoms. The molecule has 0 unspecified atom stereocenters. The van der Waals surface area contributed by atoms with E-state index >= 15 is 0 Å². The fourth-order valence-corrected chi connectivity index (χ4v) is 4.32. The zero-order chi connectivity index (χ0) is 20.2. The van der Waals surface area contributed by atoms with Crippen LogP contribution in [0.3, 0.4) is 0 Å². The summed E-state index contributed by atoms with van der Waals surface area (Å²) in [7, 11) is 0. The van der Waals surface area contributed by atoms with Crippen LogP contribution >= 0.6 is 0 Å². The van der Waals surface area contributed by atoms with Crippen molar-refractivity contribution in [3.05, 3.63) is 58.8 Å². The zero-order valence-electron chi connectivity index (χ0n) is 17.7. The maximum absolute atomic E-state index is 13.2. The highest BCUT2D eigenvalue weighted by atomic mass is 16.2. The molecule has 0 saturated carbocycles. The number of pyridine rings is 1. The summed E-state index contributed by atoms with van der Waals surface area (Å²) in [5, 5.41) is 3.43. The Labute approximate surface area is 174 Å². The molecule has 2 aromatic rings. The van der Waals surface area contributed by atoms with Gasteiger partial charge in [-0.15, -0.1) is 0 Å². The topological polar surface area (TPSA) is 48.5 Å². The second kappa shape index (κ2) is 8.95. The molecule has 29 heavy (non-hydrogen) atoms. The van der Waals surface area contributed by atoms with Crippen LogP contribution in [0.5, 0.6) is 0 Å². The predicted octanol–water partition coefficient (Wildman–Crippen LogP) is 3.74. The Kier molecular flexibility index (Phi) is 6.14. The van der Waals surface area contributed by atoms with Gasteiger partial charge in [0.15, 0.2) is 0 Å². The number of hydrogen-bond acceptors (Lipinski definition) is 4. The molecule has 4 rings (SSSR count). The number of anilines is 1. The predicted molar refractivity (Wildman–Crippen MR) is 117 cm³/mol. The number of aromatic nitrogens is 1. The first-order valence-electron chi connectivity index (χ1n) is 10.9. The van der Waals surface area contributed by atoms with Gasteiger partial charge in [0.2, 0.25) is 0 Å². The van der Waals surface area contributed by atoms with E-state index in [1.807, 2.05) is 4.90 Å². The van der Waals surface area contributed by atoms with Crippen molar-refractivity contribution in [2.75, 3.05) is 31.5 Å². The summed E-state index contributed by atoms with van der Waals surface area (Å²) >= 11 is 0. The molecule has 1 N–H and O–H groups in total. The van der Waals surface area contributed by atoms with Gasteiger partial charge < -0.3 is 10.2 Å². The van der Waals surface area contributed by atoms with Crippen LogP contribution in [0.25, 0.3) is 0 Å². The molecule has 5 heteroatoms. The maximum atomic E-state index is 13.2. The fraction of sp³-hybridized carbons (Fsp3) is 0.500. The minimum Gasteiger partial charge on any atom is -0.367 e. The molecule has 1 fully saturated rings. The summed E-state index contributed by atoms with van der Waals surface area (Å²) < 4.78 is 0. The summed E-state index contributed by atoms with van der Waals surface area (Å²) in [5.74, 6) is 0.887. The van der Waals surface area contributed by atoms with Gasteiger partial charge in [0, 0.05) is 50.9 Å². The van der Waals surface area contributed by atoms with Crippen molar-refractivity contribution in [1.29, 1.82) is 0 Å². The van der Waals surface area contributed by atoms with Gasteiger partial charge in [-0.05, 0) is 50.3 Å². The quantitative estimate of drug-likeness (QED) is 0.842. The van der Waals surface area contributed by atoms with E-state index in [2.05, 4.69) is 60.5 Å². The average Bonchev–Trinajstić information content (AvgIpc) is 3.18. The second-order valence-corrected chi connectivity index (χ2v) is 8.55. The highest BCUT2D eigenvalue weighted by Gasteiger charge is 2.26. The molecule has 5 nitrogen and oxygen atoms in total. The van der Waals surface area contributed by atoms with Crippen LogP contribution in [0.4, 0.5) is 5.82 Å². The van der Waals surface area contributed by atoms with Gasteiger partial charge in [0.1, 0.15) is 5.82 Å². The summed E-state index contributed by atoms with van der Waals surface area (Å²) in [4.78, 5) is 22.6. The lowest BCUT2D eigenvalue weighted by atomic mass is 10.0. The Morgan fingerprint density at radius 3 is 2.52 bits per heavy atom. The molecule has 0 aliphatic carbocycles. The number of nitrogens with zero attached hydrogens (tertiary/aromatic N) is 3. The van der Waals surface area contributed by atoms with Crippen molar-refractivity contribution >= 4 is 11.7 Å². The van der Waals surface area contributed by atoms with Gasteiger partial charge in [-0.3, -0.25) is 9.69 Å². The van der Waals surface area contributed by atoms with Crippen LogP contribution in [-0.4, -0.2) is 52.9 Å². The van der Waals surface area contributed by atoms with E-state index in [1.165, 1.54) is 11.1 Å². The molecular formula is C24H32N4O. The SMILES string of the molecule is CC(C)Nc1nc2c(cc1C(=O)N1CCCC1)CCN(Cc1ccccc1)CC2. The lowest BCUT2D eigenvalue weighted by molar-refractivity contribution is 0.0793. The highest BCUT2D eigenvalue weighted by molar-refractivity contribution is 5.99. The standard InChI is InChI=1S/C24H32N4O/c1-18(2)25-23-21(24(29)28-12-6-7-13-28)16-20-10-14-27(15-11-22(20)26-23)17-19-8-4-3-5-9-19/h3-5,8-9,16,18H,6-7,10-15,17H2,1-2H3,(H,25,26). The van der Waals surface area contributed by atoms with Crippen LogP contribution < -0.4 is 5.32 Å². The van der Waals surface area contributed by atoms with E-state index in [0.717, 1.165) is 75.5 Å². The molecule has 1 aromatic heterocycles. The Bertz CT molecular complexity index is 843. The molecule has 0 bridgehead atoms. The number of benzene rings is 1. The molecular weight excluding hydrogens is 360 g/mol. The smallest absolute Gasteiger partial charge is 0.257 e. The fourth-order valence-electron chi connectivity index (χ4n) is 4.32. The largest absolute Gasteiger partial charge is 0.367 e. The van der Waals surface area contributed by atoms with Gasteiger partial charge in [-0.2, -0.15) is 0 Å². The number of amides is 1. The van der Waals surface area contributed by atoms with Gasteiger partial charge in [0.25, 0.3) is 5.91 Å². The van der Waals surface area contributed by atoms with Crippen LogP contribution in [-0.2, 0) is 19.4 Å². The summed E-state index contributed by atoms with van der Waals surface area (Å²) in [6.07, 6.45) is 4.07. The molecule has 1 saturated heterocycles. The van der Waals surface area contributed by atoms with E-state index in [0.29, 0.717) is 0 Å². The van der Waals surface area contributed by atoms with Gasteiger partial charge in [-0.25, -0.2) is 4.98 Å². The number of nitrogens with one attached hydrogen (secondary N) is 1. The Hall–Kier alpha value is -2.40. The van der Waals surface area contributed by atoms with Crippen LogP contribution in [0, 0.1) is 0 Å². The van der Waals surface area contributed by atoms with E-state index in [1.54, 1.807) is 0 Å². The van der Waals surface area contributed by atoms with Crippen molar-refractivity contribution in [1.82, 2.24) is 14.8 Å². The van der Waals surface area contributed by atoms with Gasteiger partial charge in [0.05, 0.1) is 5.56 Å². The van der Waals surface area contributed by atoms with E-state index in [-0.39, 0.29) is 11.9 Å². The van der Waals surface area contributed by atoms with Crippen molar-refractivity contribution in [3.63, 3.8) is 0 Å². The molecule has 154 valence electrons. The Morgan fingerprint density at radius 2 is 1.79 bits per heavy atom. The second-order valence-electron chi connectivity index (χ2n) is 8.55. The number of likely N-dealkylation sites (tertiary alicyclic amines) is 1. The van der Waals surface area contributed by atoms with Gasteiger partial charge >= 0.3 is 0 Å². The Morgan fingerprint density at radius 1 is 1.07 bits per heavy atom. The summed E-state index contributed by atoms with van der Waals surface area (Å²) in [6.45, 7) is 8.88. The van der Waals surface area contributed by atoms with Crippen molar-refractivity contribution < 1.29 is 4.79 Å². The van der Waals surface area contributed by atoms with Crippen LogP contribution in [0.1, 0.15) is 53.9 Å². The molecule has 0 radical (unpaired) electrons. The number of carbonyl (C=O) groups is 1. The lowest BCUT2D eigenvalue weighted by Crippen LogP contribution is -2.29. The van der Waals surface area contributed by atoms with Gasteiger partial charge in [-0.1, -0.05) is 30.3 Å². The van der Waals surface area contributed by atoms with Crippen LogP contribution in [0.15, 0.2) is 36.4 Å². The minimum atomic E-state index is 0.131. The van der Waals surface area contributed by atoms with E-state index in [4.69, 9.17) is 4.98 Å². The first-order valence-corrected chi connectivity index (χ1v) is 10.9. The Balaban J connectivity index is 1.56. The number of hydrogen-bond donors (Lipinski definition) is 1.